The Balaban J connectivity index is 1.93. The van der Waals surface area contributed by atoms with E-state index in [1.807, 2.05) is 73.7 Å². The molecule has 1 amide bonds. The number of benzene rings is 2. The van der Waals surface area contributed by atoms with Gasteiger partial charge in [-0.2, -0.15) is 0 Å². The summed E-state index contributed by atoms with van der Waals surface area (Å²) >= 11 is 0. The Bertz CT molecular complexity index is 768. The number of pyridine rings is 1. The van der Waals surface area contributed by atoms with Crippen LogP contribution < -0.4 is 5.32 Å². The standard InChI is InChI=1S/C20H18N2O/c1-15-9-11-16(12-10-15)19(18-8-5-13-21-14-18)22-20(23)17-6-3-2-4-7-17/h2-14,19H,1H3,(H,22,23). The van der Waals surface area contributed by atoms with Crippen molar-refractivity contribution in [2.24, 2.45) is 0 Å². The molecule has 1 heterocycles. The largest absolute Gasteiger partial charge is 0.341 e. The van der Waals surface area contributed by atoms with E-state index in [9.17, 15) is 4.79 Å². The van der Waals surface area contributed by atoms with Gasteiger partial charge in [-0.25, -0.2) is 0 Å². The van der Waals surface area contributed by atoms with E-state index in [0.29, 0.717) is 5.56 Å². The van der Waals surface area contributed by atoms with Gasteiger partial charge < -0.3 is 5.32 Å². The van der Waals surface area contributed by atoms with E-state index < -0.39 is 0 Å². The third-order valence-electron chi connectivity index (χ3n) is 3.74. The number of rotatable bonds is 4. The topological polar surface area (TPSA) is 42.0 Å². The maximum atomic E-state index is 12.5. The van der Waals surface area contributed by atoms with Crippen LogP contribution in [0.2, 0.25) is 0 Å². The summed E-state index contributed by atoms with van der Waals surface area (Å²) < 4.78 is 0. The van der Waals surface area contributed by atoms with E-state index in [-0.39, 0.29) is 11.9 Å². The van der Waals surface area contributed by atoms with Crippen LogP contribution in [-0.2, 0) is 0 Å². The molecule has 23 heavy (non-hydrogen) atoms. The van der Waals surface area contributed by atoms with Crippen molar-refractivity contribution in [1.29, 1.82) is 0 Å². The zero-order valence-corrected chi connectivity index (χ0v) is 12.9. The van der Waals surface area contributed by atoms with Crippen LogP contribution >= 0.6 is 0 Å². The molecule has 0 saturated heterocycles. The molecule has 0 aliphatic heterocycles. The third kappa shape index (κ3) is 3.64. The van der Waals surface area contributed by atoms with Gasteiger partial charge in [-0.3, -0.25) is 9.78 Å². The molecular weight excluding hydrogens is 284 g/mol. The first-order valence-corrected chi connectivity index (χ1v) is 7.56. The molecule has 0 aliphatic carbocycles. The fraction of sp³-hybridized carbons (Fsp3) is 0.100. The summed E-state index contributed by atoms with van der Waals surface area (Å²) in [5, 5.41) is 3.11. The maximum Gasteiger partial charge on any atom is 0.252 e. The lowest BCUT2D eigenvalue weighted by molar-refractivity contribution is 0.0943. The second-order valence-corrected chi connectivity index (χ2v) is 5.47. The highest BCUT2D eigenvalue weighted by atomic mass is 16.1. The number of nitrogens with one attached hydrogen (secondary N) is 1. The summed E-state index contributed by atoms with van der Waals surface area (Å²) in [7, 11) is 0. The number of nitrogens with zero attached hydrogens (tertiary/aromatic N) is 1. The number of amides is 1. The Labute approximate surface area is 136 Å². The Morgan fingerprint density at radius 2 is 1.65 bits per heavy atom. The van der Waals surface area contributed by atoms with Gasteiger partial charge in [-0.05, 0) is 36.2 Å². The molecule has 114 valence electrons. The van der Waals surface area contributed by atoms with Gasteiger partial charge in [0.1, 0.15) is 0 Å². The molecule has 0 radical (unpaired) electrons. The summed E-state index contributed by atoms with van der Waals surface area (Å²) in [6, 6.07) is 21.0. The van der Waals surface area contributed by atoms with Crippen LogP contribution in [0.4, 0.5) is 0 Å². The lowest BCUT2D eigenvalue weighted by Crippen LogP contribution is -2.29. The van der Waals surface area contributed by atoms with Crippen LogP contribution in [0.15, 0.2) is 79.1 Å². The highest BCUT2D eigenvalue weighted by molar-refractivity contribution is 5.94. The molecule has 1 atom stereocenters. The molecule has 0 saturated carbocycles. The van der Waals surface area contributed by atoms with E-state index in [1.54, 1.807) is 12.4 Å². The Morgan fingerprint density at radius 1 is 0.913 bits per heavy atom. The molecule has 0 spiro atoms. The number of carbonyl (C=O) groups excluding carboxylic acids is 1. The third-order valence-corrected chi connectivity index (χ3v) is 3.74. The number of aromatic nitrogens is 1. The van der Waals surface area contributed by atoms with Crippen molar-refractivity contribution in [3.63, 3.8) is 0 Å². The van der Waals surface area contributed by atoms with Crippen LogP contribution in [0, 0.1) is 6.92 Å². The van der Waals surface area contributed by atoms with Gasteiger partial charge in [-0.15, -0.1) is 0 Å². The molecule has 1 aromatic heterocycles. The van der Waals surface area contributed by atoms with Gasteiger partial charge >= 0.3 is 0 Å². The van der Waals surface area contributed by atoms with Crippen molar-refractivity contribution in [1.82, 2.24) is 10.3 Å². The van der Waals surface area contributed by atoms with Crippen molar-refractivity contribution in [2.75, 3.05) is 0 Å². The summed E-state index contributed by atoms with van der Waals surface area (Å²) in [6.07, 6.45) is 3.52. The van der Waals surface area contributed by atoms with Crippen LogP contribution in [-0.4, -0.2) is 10.9 Å². The molecule has 0 fully saturated rings. The zero-order valence-electron chi connectivity index (χ0n) is 12.9. The van der Waals surface area contributed by atoms with E-state index in [0.717, 1.165) is 11.1 Å². The van der Waals surface area contributed by atoms with Gasteiger partial charge in [0.25, 0.3) is 5.91 Å². The maximum absolute atomic E-state index is 12.5. The Morgan fingerprint density at radius 3 is 2.30 bits per heavy atom. The second-order valence-electron chi connectivity index (χ2n) is 5.47. The highest BCUT2D eigenvalue weighted by Gasteiger charge is 2.17. The second kappa shape index (κ2) is 6.88. The van der Waals surface area contributed by atoms with Gasteiger partial charge in [-0.1, -0.05) is 54.1 Å². The summed E-state index contributed by atoms with van der Waals surface area (Å²) in [6.45, 7) is 2.05. The van der Waals surface area contributed by atoms with Crippen molar-refractivity contribution < 1.29 is 4.79 Å². The van der Waals surface area contributed by atoms with E-state index in [2.05, 4.69) is 10.3 Å². The smallest absolute Gasteiger partial charge is 0.252 e. The van der Waals surface area contributed by atoms with E-state index in [4.69, 9.17) is 0 Å². The van der Waals surface area contributed by atoms with Crippen LogP contribution in [0.5, 0.6) is 0 Å². The van der Waals surface area contributed by atoms with Crippen molar-refractivity contribution in [3.8, 4) is 0 Å². The molecule has 3 aromatic rings. The monoisotopic (exact) mass is 302 g/mol. The molecule has 1 unspecified atom stereocenters. The summed E-state index contributed by atoms with van der Waals surface area (Å²) in [4.78, 5) is 16.7. The van der Waals surface area contributed by atoms with Gasteiger partial charge in [0.2, 0.25) is 0 Å². The molecule has 3 nitrogen and oxygen atoms in total. The quantitative estimate of drug-likeness (QED) is 0.794. The van der Waals surface area contributed by atoms with Crippen LogP contribution in [0.25, 0.3) is 0 Å². The number of hydrogen-bond donors (Lipinski definition) is 1. The summed E-state index contributed by atoms with van der Waals surface area (Å²) in [5.41, 5.74) is 3.83. The predicted octanol–water partition coefficient (Wildman–Crippen LogP) is 3.91. The SMILES string of the molecule is Cc1ccc(C(NC(=O)c2ccccc2)c2cccnc2)cc1. The number of aryl methyl sites for hydroxylation is 1. The molecular formula is C20H18N2O. The van der Waals surface area contributed by atoms with Crippen molar-refractivity contribution >= 4 is 5.91 Å². The molecule has 0 aliphatic rings. The zero-order chi connectivity index (χ0) is 16.1. The normalized spacial score (nSPS) is 11.7. The fourth-order valence-corrected chi connectivity index (χ4v) is 2.47. The minimum Gasteiger partial charge on any atom is -0.341 e. The minimum absolute atomic E-state index is 0.0972. The molecule has 2 aromatic carbocycles. The predicted molar refractivity (Wildman–Crippen MR) is 91.2 cm³/mol. The molecule has 1 N–H and O–H groups in total. The molecule has 3 rings (SSSR count). The average Bonchev–Trinajstić information content (AvgIpc) is 2.62. The van der Waals surface area contributed by atoms with Gasteiger partial charge in [0.15, 0.2) is 0 Å². The first-order chi connectivity index (χ1) is 11.2. The molecule has 3 heteroatoms. The van der Waals surface area contributed by atoms with Crippen molar-refractivity contribution in [3.05, 3.63) is 101 Å². The first kappa shape index (κ1) is 15.0. The van der Waals surface area contributed by atoms with Crippen LogP contribution in [0.3, 0.4) is 0 Å². The van der Waals surface area contributed by atoms with E-state index >= 15 is 0 Å². The fourth-order valence-electron chi connectivity index (χ4n) is 2.47. The Kier molecular flexibility index (Phi) is 4.48. The highest BCUT2D eigenvalue weighted by Crippen LogP contribution is 2.22. The summed E-state index contributed by atoms with van der Waals surface area (Å²) in [5.74, 6) is -0.0972. The number of hydrogen-bond acceptors (Lipinski definition) is 2. The average molecular weight is 302 g/mol. The number of carbonyl (C=O) groups is 1. The lowest BCUT2D eigenvalue weighted by atomic mass is 9.98. The minimum atomic E-state index is -0.225. The van der Waals surface area contributed by atoms with Gasteiger partial charge in [0.05, 0.1) is 6.04 Å². The Hall–Kier alpha value is -2.94. The lowest BCUT2D eigenvalue weighted by Gasteiger charge is -2.20. The van der Waals surface area contributed by atoms with Crippen LogP contribution in [0.1, 0.15) is 33.1 Å². The van der Waals surface area contributed by atoms with Crippen molar-refractivity contribution in [2.45, 2.75) is 13.0 Å². The first-order valence-electron chi connectivity index (χ1n) is 7.56. The molecule has 0 bridgehead atoms. The van der Waals surface area contributed by atoms with E-state index in [1.165, 1.54) is 5.56 Å². The van der Waals surface area contributed by atoms with Gasteiger partial charge in [0, 0.05) is 18.0 Å².